The average molecular weight is 425 g/mol. The first-order chi connectivity index (χ1) is 14.5. The molecule has 8 heteroatoms. The molecule has 3 heterocycles. The molecular weight excluding hydrogens is 396 g/mol. The van der Waals surface area contributed by atoms with E-state index in [9.17, 15) is 4.79 Å². The van der Waals surface area contributed by atoms with Crippen LogP contribution in [0, 0.1) is 13.8 Å². The lowest BCUT2D eigenvalue weighted by Crippen LogP contribution is -2.33. The van der Waals surface area contributed by atoms with Gasteiger partial charge in [0, 0.05) is 43.6 Å². The van der Waals surface area contributed by atoms with Gasteiger partial charge in [-0.15, -0.1) is 0 Å². The molecular formula is C22H28N6OS. The highest BCUT2D eigenvalue weighted by molar-refractivity contribution is 8.03. The molecule has 2 N–H and O–H groups in total. The number of rotatable bonds is 6. The number of nitrogens with zero attached hydrogens (tertiary/aromatic N) is 4. The van der Waals surface area contributed by atoms with Crippen molar-refractivity contribution in [1.82, 2.24) is 14.9 Å². The van der Waals surface area contributed by atoms with E-state index in [2.05, 4.69) is 69.2 Å². The van der Waals surface area contributed by atoms with Crippen LogP contribution in [0.3, 0.4) is 0 Å². The van der Waals surface area contributed by atoms with Gasteiger partial charge in [-0.3, -0.25) is 4.79 Å². The number of likely N-dealkylation sites (tertiary alicyclic amines) is 1. The molecule has 2 atom stereocenters. The van der Waals surface area contributed by atoms with Crippen molar-refractivity contribution in [3.63, 3.8) is 0 Å². The molecule has 0 radical (unpaired) electrons. The van der Waals surface area contributed by atoms with Gasteiger partial charge in [0.05, 0.1) is 0 Å². The van der Waals surface area contributed by atoms with E-state index >= 15 is 0 Å². The van der Waals surface area contributed by atoms with Gasteiger partial charge in [0.15, 0.2) is 5.50 Å². The van der Waals surface area contributed by atoms with Crippen LogP contribution < -0.4 is 15.5 Å². The van der Waals surface area contributed by atoms with Gasteiger partial charge in [0.25, 0.3) is 0 Å². The maximum atomic E-state index is 11.9. The summed E-state index contributed by atoms with van der Waals surface area (Å²) in [6.45, 7) is 7.67. The van der Waals surface area contributed by atoms with E-state index in [4.69, 9.17) is 0 Å². The first-order valence-electron chi connectivity index (χ1n) is 10.4. The molecule has 1 fully saturated rings. The number of carbonyl (C=O) groups excluding carboxylic acids is 1. The van der Waals surface area contributed by atoms with Crippen LogP contribution in [0.5, 0.6) is 0 Å². The average Bonchev–Trinajstić information content (AvgIpc) is 3.38. The quantitative estimate of drug-likeness (QED) is 0.728. The SMILES string of the molecule is CCC(=O)N1CCC(Nc2nccc(N[C@@H]3SC=CN3c3c(C)cccc3C)n2)C1. The Hall–Kier alpha value is -2.74. The maximum Gasteiger partial charge on any atom is 0.224 e. The van der Waals surface area contributed by atoms with Gasteiger partial charge in [0.1, 0.15) is 5.82 Å². The topological polar surface area (TPSA) is 73.4 Å². The predicted molar refractivity (Wildman–Crippen MR) is 123 cm³/mol. The number of nitrogens with one attached hydrogen (secondary N) is 2. The Bertz CT molecular complexity index is 929. The van der Waals surface area contributed by atoms with Crippen LogP contribution >= 0.6 is 11.8 Å². The molecule has 30 heavy (non-hydrogen) atoms. The van der Waals surface area contributed by atoms with Crippen LogP contribution in [0.25, 0.3) is 0 Å². The van der Waals surface area contributed by atoms with Crippen LogP contribution in [0.1, 0.15) is 30.9 Å². The molecule has 2 aliphatic heterocycles. The zero-order valence-electron chi connectivity index (χ0n) is 17.6. The summed E-state index contributed by atoms with van der Waals surface area (Å²) in [6.07, 6.45) is 5.33. The Morgan fingerprint density at radius 2 is 2.03 bits per heavy atom. The van der Waals surface area contributed by atoms with Gasteiger partial charge in [-0.1, -0.05) is 36.9 Å². The molecule has 1 aromatic heterocycles. The van der Waals surface area contributed by atoms with Crippen molar-refractivity contribution in [1.29, 1.82) is 0 Å². The highest BCUT2D eigenvalue weighted by atomic mass is 32.2. The number of aryl methyl sites for hydroxylation is 2. The van der Waals surface area contributed by atoms with Gasteiger partial charge in [-0.25, -0.2) is 4.98 Å². The van der Waals surface area contributed by atoms with Crippen molar-refractivity contribution in [2.24, 2.45) is 0 Å². The summed E-state index contributed by atoms with van der Waals surface area (Å²) in [5.41, 5.74) is 3.73. The van der Waals surface area contributed by atoms with Crippen LogP contribution in [0.15, 0.2) is 42.1 Å². The Balaban J connectivity index is 1.43. The fourth-order valence-electron chi connectivity index (χ4n) is 3.97. The molecule has 158 valence electrons. The maximum absolute atomic E-state index is 11.9. The second kappa shape index (κ2) is 8.95. The molecule has 1 aromatic carbocycles. The lowest BCUT2D eigenvalue weighted by Gasteiger charge is -2.28. The Labute approximate surface area is 182 Å². The largest absolute Gasteiger partial charge is 0.350 e. The summed E-state index contributed by atoms with van der Waals surface area (Å²) in [7, 11) is 0. The van der Waals surface area contributed by atoms with Crippen molar-refractivity contribution in [3.05, 3.63) is 53.2 Å². The van der Waals surface area contributed by atoms with Gasteiger partial charge >= 0.3 is 0 Å². The number of hydrogen-bond acceptors (Lipinski definition) is 7. The van der Waals surface area contributed by atoms with E-state index in [0.717, 1.165) is 18.8 Å². The minimum atomic E-state index is 0.0247. The second-order valence-corrected chi connectivity index (χ2v) is 8.65. The zero-order chi connectivity index (χ0) is 21.1. The predicted octanol–water partition coefficient (Wildman–Crippen LogP) is 3.94. The van der Waals surface area contributed by atoms with Gasteiger partial charge in [0.2, 0.25) is 11.9 Å². The van der Waals surface area contributed by atoms with Crippen LogP contribution in [-0.2, 0) is 4.79 Å². The Morgan fingerprint density at radius 1 is 1.23 bits per heavy atom. The van der Waals surface area contributed by atoms with E-state index in [-0.39, 0.29) is 17.4 Å². The number of thioether (sulfide) groups is 1. The summed E-state index contributed by atoms with van der Waals surface area (Å²) in [6, 6.07) is 8.43. The first kappa shape index (κ1) is 20.5. The smallest absolute Gasteiger partial charge is 0.224 e. The number of para-hydroxylation sites is 1. The Kier molecular flexibility index (Phi) is 6.13. The lowest BCUT2D eigenvalue weighted by atomic mass is 10.1. The highest BCUT2D eigenvalue weighted by Gasteiger charge is 2.26. The van der Waals surface area contributed by atoms with E-state index < -0.39 is 0 Å². The van der Waals surface area contributed by atoms with Crippen molar-refractivity contribution in [3.8, 4) is 0 Å². The van der Waals surface area contributed by atoms with Crippen molar-refractivity contribution in [2.75, 3.05) is 28.6 Å². The molecule has 2 aromatic rings. The number of benzene rings is 1. The minimum Gasteiger partial charge on any atom is -0.350 e. The normalized spacial score (nSPS) is 20.6. The number of anilines is 3. The summed E-state index contributed by atoms with van der Waals surface area (Å²) >= 11 is 1.71. The number of hydrogen-bond donors (Lipinski definition) is 2. The molecule has 1 unspecified atom stereocenters. The fraction of sp³-hybridized carbons (Fsp3) is 0.409. The molecule has 1 saturated heterocycles. The number of amides is 1. The standard InChI is InChI=1S/C22H28N6OS/c1-4-19(29)27-11-9-17(14-27)24-21-23-10-8-18(25-21)26-22-28(12-13-30-22)20-15(2)6-5-7-16(20)3/h5-8,10,12-13,17,22H,4,9,11,14H2,1-3H3,(H2,23,24,25,26)/t17?,22-/m0/s1. The fourth-order valence-corrected chi connectivity index (χ4v) is 4.82. The van der Waals surface area contributed by atoms with Crippen molar-refractivity contribution >= 4 is 35.1 Å². The van der Waals surface area contributed by atoms with E-state index in [1.165, 1.54) is 16.8 Å². The molecule has 4 rings (SSSR count). The van der Waals surface area contributed by atoms with E-state index in [1.807, 2.05) is 17.9 Å². The summed E-state index contributed by atoms with van der Waals surface area (Å²) in [4.78, 5) is 25.1. The Morgan fingerprint density at radius 3 is 2.80 bits per heavy atom. The van der Waals surface area contributed by atoms with Gasteiger partial charge in [-0.2, -0.15) is 4.98 Å². The third-order valence-corrected chi connectivity index (χ3v) is 6.36. The zero-order valence-corrected chi connectivity index (χ0v) is 18.4. The summed E-state index contributed by atoms with van der Waals surface area (Å²) < 4.78 is 0. The molecule has 1 amide bonds. The third kappa shape index (κ3) is 4.38. The van der Waals surface area contributed by atoms with Crippen molar-refractivity contribution < 1.29 is 4.79 Å². The van der Waals surface area contributed by atoms with E-state index in [1.54, 1.807) is 18.0 Å². The molecule has 0 bridgehead atoms. The van der Waals surface area contributed by atoms with Crippen LogP contribution in [-0.4, -0.2) is 45.4 Å². The molecule has 0 saturated carbocycles. The first-order valence-corrected chi connectivity index (χ1v) is 11.3. The van der Waals surface area contributed by atoms with Gasteiger partial charge < -0.3 is 20.4 Å². The monoisotopic (exact) mass is 424 g/mol. The molecule has 0 spiro atoms. The molecule has 0 aliphatic carbocycles. The molecule has 2 aliphatic rings. The third-order valence-electron chi connectivity index (χ3n) is 5.48. The minimum absolute atomic E-state index is 0.0247. The van der Waals surface area contributed by atoms with Crippen LogP contribution in [0.2, 0.25) is 0 Å². The number of carbonyl (C=O) groups is 1. The second-order valence-electron chi connectivity index (χ2n) is 7.65. The lowest BCUT2D eigenvalue weighted by molar-refractivity contribution is -0.129. The number of aromatic nitrogens is 2. The summed E-state index contributed by atoms with van der Waals surface area (Å²) in [5, 5.41) is 9.00. The summed E-state index contributed by atoms with van der Waals surface area (Å²) in [5.74, 6) is 1.56. The van der Waals surface area contributed by atoms with Crippen molar-refractivity contribution in [2.45, 2.75) is 45.2 Å². The van der Waals surface area contributed by atoms with Gasteiger partial charge in [-0.05, 0) is 42.9 Å². The van der Waals surface area contributed by atoms with E-state index in [0.29, 0.717) is 18.9 Å². The van der Waals surface area contributed by atoms with Crippen LogP contribution in [0.4, 0.5) is 17.5 Å². The highest BCUT2D eigenvalue weighted by Crippen LogP contribution is 2.35. The molecule has 7 nitrogen and oxygen atoms in total.